The number of hydrogen-bond acceptors (Lipinski definition) is 4. The van der Waals surface area contributed by atoms with Gasteiger partial charge >= 0.3 is 5.97 Å². The molecule has 2 N–H and O–H groups in total. The lowest BCUT2D eigenvalue weighted by Gasteiger charge is -2.36. The number of rotatable bonds is 6. The number of nitrogens with zero attached hydrogens (tertiary/aromatic N) is 1. The summed E-state index contributed by atoms with van der Waals surface area (Å²) in [6.45, 7) is 6.29. The summed E-state index contributed by atoms with van der Waals surface area (Å²) < 4.78 is 5.27. The summed E-state index contributed by atoms with van der Waals surface area (Å²) in [6, 6.07) is -0.678. The fraction of sp³-hybridized carbons (Fsp3) is 0.786. The molecule has 1 rings (SSSR count). The Morgan fingerprint density at radius 2 is 2.05 bits per heavy atom. The maximum absolute atomic E-state index is 12.3. The number of morpholine rings is 1. The molecule has 0 aromatic heterocycles. The van der Waals surface area contributed by atoms with Gasteiger partial charge in [0.05, 0.1) is 18.6 Å². The van der Waals surface area contributed by atoms with Crippen molar-refractivity contribution in [2.75, 3.05) is 26.3 Å². The number of carboxylic acids is 1. The lowest BCUT2D eigenvalue weighted by molar-refractivity contribution is -0.156. The first-order valence-electron chi connectivity index (χ1n) is 7.18. The van der Waals surface area contributed by atoms with Gasteiger partial charge in [-0.2, -0.15) is 0 Å². The van der Waals surface area contributed by atoms with E-state index in [2.05, 4.69) is 5.32 Å². The minimum absolute atomic E-state index is 0.139. The maximum atomic E-state index is 12.3. The monoisotopic (exact) mass is 300 g/mol. The number of aliphatic carboxylic acids is 1. The molecular weight excluding hydrogens is 276 g/mol. The summed E-state index contributed by atoms with van der Waals surface area (Å²) in [4.78, 5) is 37.0. The standard InChI is InChI=1S/C14H24N2O5/c1-4-5-15-12(18)10-9-21-7-6-16(10)11(17)8-14(2,3)13(19)20/h10H,4-9H2,1-3H3,(H,15,18)(H,19,20). The summed E-state index contributed by atoms with van der Waals surface area (Å²) in [5, 5.41) is 11.8. The summed E-state index contributed by atoms with van der Waals surface area (Å²) in [7, 11) is 0. The van der Waals surface area contributed by atoms with Crippen molar-refractivity contribution < 1.29 is 24.2 Å². The van der Waals surface area contributed by atoms with E-state index in [1.54, 1.807) is 0 Å². The third-order valence-corrected chi connectivity index (χ3v) is 3.47. The highest BCUT2D eigenvalue weighted by Crippen LogP contribution is 2.23. The smallest absolute Gasteiger partial charge is 0.309 e. The molecule has 0 radical (unpaired) electrons. The fourth-order valence-electron chi connectivity index (χ4n) is 2.04. The van der Waals surface area contributed by atoms with Crippen molar-refractivity contribution in [2.45, 2.75) is 39.7 Å². The molecule has 1 saturated heterocycles. The predicted octanol–water partition coefficient (Wildman–Crippen LogP) is 0.241. The molecular formula is C14H24N2O5. The summed E-state index contributed by atoms with van der Waals surface area (Å²) in [5.41, 5.74) is -1.15. The van der Waals surface area contributed by atoms with Crippen LogP contribution in [0.1, 0.15) is 33.6 Å². The van der Waals surface area contributed by atoms with Gasteiger partial charge in [-0.05, 0) is 20.3 Å². The number of amides is 2. The molecule has 120 valence electrons. The number of carbonyl (C=O) groups is 3. The minimum atomic E-state index is -1.15. The molecule has 0 aromatic rings. The fourth-order valence-corrected chi connectivity index (χ4v) is 2.04. The zero-order valence-electron chi connectivity index (χ0n) is 12.8. The van der Waals surface area contributed by atoms with E-state index in [0.29, 0.717) is 19.7 Å². The Labute approximate surface area is 124 Å². The topological polar surface area (TPSA) is 95.9 Å². The van der Waals surface area contributed by atoms with Crippen LogP contribution in [-0.2, 0) is 19.1 Å². The molecule has 1 aliphatic rings. The van der Waals surface area contributed by atoms with E-state index >= 15 is 0 Å². The minimum Gasteiger partial charge on any atom is -0.481 e. The molecule has 0 bridgehead atoms. The number of ether oxygens (including phenoxy) is 1. The highest BCUT2D eigenvalue weighted by molar-refractivity contribution is 5.90. The quantitative estimate of drug-likeness (QED) is 0.732. The first-order chi connectivity index (χ1) is 9.79. The number of carboxylic acid groups (broad SMARTS) is 1. The van der Waals surface area contributed by atoms with Crippen LogP contribution in [0.5, 0.6) is 0 Å². The van der Waals surface area contributed by atoms with Gasteiger partial charge in [-0.3, -0.25) is 14.4 Å². The van der Waals surface area contributed by atoms with Gasteiger partial charge in [0.25, 0.3) is 0 Å². The van der Waals surface area contributed by atoms with Crippen LogP contribution in [0.25, 0.3) is 0 Å². The van der Waals surface area contributed by atoms with Gasteiger partial charge in [0.15, 0.2) is 0 Å². The Bertz CT molecular complexity index is 408. The highest BCUT2D eigenvalue weighted by atomic mass is 16.5. The Hall–Kier alpha value is -1.63. The third kappa shape index (κ3) is 4.70. The molecule has 7 heteroatoms. The van der Waals surface area contributed by atoms with Gasteiger partial charge in [-0.1, -0.05) is 6.92 Å². The van der Waals surface area contributed by atoms with Crippen LogP contribution in [-0.4, -0.2) is 60.1 Å². The van der Waals surface area contributed by atoms with Crippen molar-refractivity contribution in [3.05, 3.63) is 0 Å². The molecule has 1 unspecified atom stereocenters. The summed E-state index contributed by atoms with van der Waals surface area (Å²) in [5.74, 6) is -1.61. The molecule has 1 atom stereocenters. The predicted molar refractivity (Wildman–Crippen MR) is 75.7 cm³/mol. The highest BCUT2D eigenvalue weighted by Gasteiger charge is 2.37. The zero-order chi connectivity index (χ0) is 16.0. The average Bonchev–Trinajstić information content (AvgIpc) is 2.44. The second-order valence-electron chi connectivity index (χ2n) is 5.83. The van der Waals surface area contributed by atoms with Crippen LogP contribution in [0.4, 0.5) is 0 Å². The summed E-state index contributed by atoms with van der Waals surface area (Å²) >= 11 is 0. The van der Waals surface area contributed by atoms with Crippen LogP contribution in [0.15, 0.2) is 0 Å². The molecule has 0 aromatic carbocycles. The zero-order valence-corrected chi connectivity index (χ0v) is 12.8. The normalized spacial score (nSPS) is 19.2. The Balaban J connectivity index is 2.74. The molecule has 0 spiro atoms. The molecule has 0 aliphatic carbocycles. The third-order valence-electron chi connectivity index (χ3n) is 3.47. The van der Waals surface area contributed by atoms with E-state index in [0.717, 1.165) is 6.42 Å². The molecule has 21 heavy (non-hydrogen) atoms. The van der Waals surface area contributed by atoms with Crippen LogP contribution in [0.3, 0.4) is 0 Å². The first-order valence-corrected chi connectivity index (χ1v) is 7.18. The largest absolute Gasteiger partial charge is 0.481 e. The van der Waals surface area contributed by atoms with Gasteiger partial charge in [0, 0.05) is 19.5 Å². The number of nitrogens with one attached hydrogen (secondary N) is 1. The van der Waals surface area contributed by atoms with Crippen LogP contribution in [0.2, 0.25) is 0 Å². The molecule has 1 fully saturated rings. The lowest BCUT2D eigenvalue weighted by atomic mass is 9.88. The molecule has 1 heterocycles. The summed E-state index contributed by atoms with van der Waals surface area (Å²) in [6.07, 6.45) is 0.666. The van der Waals surface area contributed by atoms with E-state index in [9.17, 15) is 14.4 Å². The van der Waals surface area contributed by atoms with E-state index in [1.807, 2.05) is 6.92 Å². The molecule has 2 amide bonds. The Morgan fingerprint density at radius 3 is 2.62 bits per heavy atom. The maximum Gasteiger partial charge on any atom is 0.309 e. The second kappa shape index (κ2) is 7.40. The van der Waals surface area contributed by atoms with Gasteiger partial charge in [-0.15, -0.1) is 0 Å². The Morgan fingerprint density at radius 1 is 1.38 bits per heavy atom. The van der Waals surface area contributed by atoms with Crippen LogP contribution < -0.4 is 5.32 Å². The lowest BCUT2D eigenvalue weighted by Crippen LogP contribution is -2.56. The van der Waals surface area contributed by atoms with Crippen molar-refractivity contribution in [3.8, 4) is 0 Å². The van der Waals surface area contributed by atoms with Gasteiger partial charge in [-0.25, -0.2) is 0 Å². The average molecular weight is 300 g/mol. The molecule has 1 aliphatic heterocycles. The molecule has 7 nitrogen and oxygen atoms in total. The second-order valence-corrected chi connectivity index (χ2v) is 5.83. The van der Waals surface area contributed by atoms with Crippen molar-refractivity contribution in [3.63, 3.8) is 0 Å². The van der Waals surface area contributed by atoms with Gasteiger partial charge in [0.1, 0.15) is 6.04 Å². The van der Waals surface area contributed by atoms with Gasteiger partial charge < -0.3 is 20.1 Å². The van der Waals surface area contributed by atoms with E-state index < -0.39 is 17.4 Å². The van der Waals surface area contributed by atoms with Crippen molar-refractivity contribution in [1.82, 2.24) is 10.2 Å². The van der Waals surface area contributed by atoms with Crippen molar-refractivity contribution >= 4 is 17.8 Å². The van der Waals surface area contributed by atoms with Crippen molar-refractivity contribution in [2.24, 2.45) is 5.41 Å². The van der Waals surface area contributed by atoms with Crippen LogP contribution >= 0.6 is 0 Å². The van der Waals surface area contributed by atoms with E-state index in [4.69, 9.17) is 9.84 Å². The first kappa shape index (κ1) is 17.4. The Kier molecular flexibility index (Phi) is 6.14. The van der Waals surface area contributed by atoms with Crippen LogP contribution in [0, 0.1) is 5.41 Å². The van der Waals surface area contributed by atoms with Gasteiger partial charge in [0.2, 0.25) is 11.8 Å². The molecule has 0 saturated carbocycles. The van der Waals surface area contributed by atoms with Crippen molar-refractivity contribution in [1.29, 1.82) is 0 Å². The number of carbonyl (C=O) groups excluding carboxylic acids is 2. The van der Waals surface area contributed by atoms with E-state index in [1.165, 1.54) is 18.7 Å². The SMILES string of the molecule is CCCNC(=O)C1COCCN1C(=O)CC(C)(C)C(=O)O. The number of hydrogen-bond donors (Lipinski definition) is 2. The van der Waals surface area contributed by atoms with E-state index in [-0.39, 0.29) is 24.8 Å².